The SMILES string of the molecule is c1ccc(-c2nc(-c3ccccc3)nc(-n3c4ccccc4c4ccc(-c5ccc6c(c5)c5ccccc5n6-c5cncc(-c6ccc7c(n6)c6ncccc6n7-c6ccccc6)c5)cc43)n2)cc1. The number of hydrogen-bond acceptors (Lipinski definition) is 6. The highest BCUT2D eigenvalue weighted by Crippen LogP contribution is 2.39. The molecule has 0 saturated heterocycles. The molecule has 0 fully saturated rings. The maximum absolute atomic E-state index is 5.26. The van der Waals surface area contributed by atoms with Gasteiger partial charge in [-0.2, -0.15) is 9.97 Å². The first-order valence-electron chi connectivity index (χ1n) is 22.9. The number of benzene rings is 7. The van der Waals surface area contributed by atoms with Crippen LogP contribution in [0.25, 0.3) is 128 Å². The van der Waals surface area contributed by atoms with Crippen LogP contribution in [0.2, 0.25) is 0 Å². The lowest BCUT2D eigenvalue weighted by Gasteiger charge is -2.12. The molecular formula is C60H37N9. The first-order chi connectivity index (χ1) is 34.2. The second-order valence-corrected chi connectivity index (χ2v) is 17.2. The molecule has 0 aliphatic carbocycles. The smallest absolute Gasteiger partial charge is 0.238 e. The van der Waals surface area contributed by atoms with Crippen LogP contribution in [-0.4, -0.2) is 43.6 Å². The monoisotopic (exact) mass is 883 g/mol. The molecule has 0 amide bonds. The Morgan fingerprint density at radius 1 is 0.304 bits per heavy atom. The van der Waals surface area contributed by atoms with Gasteiger partial charge in [0.05, 0.1) is 50.7 Å². The van der Waals surface area contributed by atoms with E-state index in [-0.39, 0.29) is 0 Å². The molecule has 0 unspecified atom stereocenters. The van der Waals surface area contributed by atoms with Crippen molar-refractivity contribution in [2.24, 2.45) is 0 Å². The summed E-state index contributed by atoms with van der Waals surface area (Å²) in [6, 6.07) is 71.7. The summed E-state index contributed by atoms with van der Waals surface area (Å²) in [4.78, 5) is 30.2. The van der Waals surface area contributed by atoms with Crippen LogP contribution in [0.4, 0.5) is 0 Å². The number of aromatic nitrogens is 9. The van der Waals surface area contributed by atoms with Crippen LogP contribution in [0.15, 0.2) is 225 Å². The first-order valence-corrected chi connectivity index (χ1v) is 22.9. The fourth-order valence-corrected chi connectivity index (χ4v) is 10.1. The zero-order chi connectivity index (χ0) is 45.4. The summed E-state index contributed by atoms with van der Waals surface area (Å²) in [5.74, 6) is 1.79. The summed E-state index contributed by atoms with van der Waals surface area (Å²) in [5, 5.41) is 4.54. The van der Waals surface area contributed by atoms with E-state index in [0.717, 1.165) is 111 Å². The number of rotatable bonds is 7. The second kappa shape index (κ2) is 15.5. The van der Waals surface area contributed by atoms with Crippen molar-refractivity contribution in [3.05, 3.63) is 225 Å². The van der Waals surface area contributed by atoms with E-state index >= 15 is 0 Å². The molecule has 14 aromatic rings. The Balaban J connectivity index is 0.900. The Labute approximate surface area is 394 Å². The average Bonchev–Trinajstić information content (AvgIpc) is 4.06. The summed E-state index contributed by atoms with van der Waals surface area (Å²) >= 11 is 0. The first kappa shape index (κ1) is 38.6. The van der Waals surface area contributed by atoms with Crippen molar-refractivity contribution in [2.75, 3.05) is 0 Å². The average molecular weight is 884 g/mol. The van der Waals surface area contributed by atoms with Crippen LogP contribution in [0.5, 0.6) is 0 Å². The van der Waals surface area contributed by atoms with Crippen molar-refractivity contribution < 1.29 is 0 Å². The van der Waals surface area contributed by atoms with E-state index in [1.165, 1.54) is 0 Å². The van der Waals surface area contributed by atoms with E-state index in [1.807, 2.05) is 91.4 Å². The van der Waals surface area contributed by atoms with Gasteiger partial charge in [0, 0.05) is 56.3 Å². The van der Waals surface area contributed by atoms with Gasteiger partial charge in [0.15, 0.2) is 11.6 Å². The van der Waals surface area contributed by atoms with E-state index in [2.05, 4.69) is 147 Å². The summed E-state index contributed by atoms with van der Waals surface area (Å²) in [7, 11) is 0. The van der Waals surface area contributed by atoms with Gasteiger partial charge < -0.3 is 9.13 Å². The third-order valence-corrected chi connectivity index (χ3v) is 13.2. The van der Waals surface area contributed by atoms with Crippen LogP contribution in [0.3, 0.4) is 0 Å². The van der Waals surface area contributed by atoms with Crippen LogP contribution < -0.4 is 0 Å². The predicted octanol–water partition coefficient (Wildman–Crippen LogP) is 14.0. The molecule has 0 atom stereocenters. The molecule has 7 aromatic heterocycles. The van der Waals surface area contributed by atoms with Crippen molar-refractivity contribution >= 4 is 65.7 Å². The molecule has 0 aliphatic rings. The summed E-state index contributed by atoms with van der Waals surface area (Å²) in [5.41, 5.74) is 15.7. The maximum Gasteiger partial charge on any atom is 0.238 e. The van der Waals surface area contributed by atoms with Gasteiger partial charge in [0.2, 0.25) is 5.95 Å². The minimum atomic E-state index is 0.561. The van der Waals surface area contributed by atoms with Crippen LogP contribution in [0, 0.1) is 0 Å². The second-order valence-electron chi connectivity index (χ2n) is 17.2. The van der Waals surface area contributed by atoms with Gasteiger partial charge in [-0.3, -0.25) is 14.5 Å². The van der Waals surface area contributed by atoms with Crippen molar-refractivity contribution in [1.82, 2.24) is 43.6 Å². The number of pyridine rings is 3. The minimum Gasteiger partial charge on any atom is -0.308 e. The van der Waals surface area contributed by atoms with Crippen LogP contribution >= 0.6 is 0 Å². The molecule has 14 rings (SSSR count). The van der Waals surface area contributed by atoms with E-state index in [0.29, 0.717) is 17.6 Å². The van der Waals surface area contributed by atoms with Gasteiger partial charge in [-0.15, -0.1) is 0 Å². The van der Waals surface area contributed by atoms with Gasteiger partial charge in [0.1, 0.15) is 11.0 Å². The minimum absolute atomic E-state index is 0.561. The van der Waals surface area contributed by atoms with E-state index < -0.39 is 0 Å². The zero-order valence-corrected chi connectivity index (χ0v) is 36.9. The van der Waals surface area contributed by atoms with Crippen molar-refractivity contribution in [3.8, 4) is 62.5 Å². The third kappa shape index (κ3) is 6.25. The molecule has 69 heavy (non-hydrogen) atoms. The summed E-state index contributed by atoms with van der Waals surface area (Å²) in [6.07, 6.45) is 5.66. The quantitative estimate of drug-likeness (QED) is 0.158. The molecule has 0 N–H and O–H groups in total. The molecule has 322 valence electrons. The lowest BCUT2D eigenvalue weighted by molar-refractivity contribution is 0.953. The molecule has 0 aliphatic heterocycles. The molecule has 7 heterocycles. The highest BCUT2D eigenvalue weighted by Gasteiger charge is 2.21. The fourth-order valence-electron chi connectivity index (χ4n) is 10.1. The molecule has 0 spiro atoms. The normalized spacial score (nSPS) is 11.8. The molecule has 9 nitrogen and oxygen atoms in total. The molecule has 0 bridgehead atoms. The van der Waals surface area contributed by atoms with Gasteiger partial charge in [-0.1, -0.05) is 133 Å². The lowest BCUT2D eigenvalue weighted by atomic mass is 10.0. The number of nitrogens with zero attached hydrogens (tertiary/aromatic N) is 9. The Bertz CT molecular complexity index is 4250. The Hall–Kier alpha value is -9.60. The number of hydrogen-bond donors (Lipinski definition) is 0. The number of fused-ring (bicyclic) bond motifs is 9. The van der Waals surface area contributed by atoms with E-state index in [9.17, 15) is 0 Å². The van der Waals surface area contributed by atoms with Gasteiger partial charge in [0.25, 0.3) is 0 Å². The summed E-state index contributed by atoms with van der Waals surface area (Å²) in [6.45, 7) is 0. The topological polar surface area (TPSA) is 92.1 Å². The highest BCUT2D eigenvalue weighted by molar-refractivity contribution is 6.12. The fraction of sp³-hybridized carbons (Fsp3) is 0. The van der Waals surface area contributed by atoms with E-state index in [1.54, 1.807) is 0 Å². The van der Waals surface area contributed by atoms with Crippen LogP contribution in [-0.2, 0) is 0 Å². The Kier molecular flexibility index (Phi) is 8.68. The molecular weight excluding hydrogens is 847 g/mol. The van der Waals surface area contributed by atoms with Crippen LogP contribution in [0.1, 0.15) is 0 Å². The summed E-state index contributed by atoms with van der Waals surface area (Å²) < 4.78 is 6.72. The molecule has 0 radical (unpaired) electrons. The van der Waals surface area contributed by atoms with Crippen molar-refractivity contribution in [1.29, 1.82) is 0 Å². The third-order valence-electron chi connectivity index (χ3n) is 13.2. The van der Waals surface area contributed by atoms with Crippen molar-refractivity contribution in [3.63, 3.8) is 0 Å². The lowest BCUT2D eigenvalue weighted by Crippen LogP contribution is -2.06. The standard InChI is InChI=1S/C60H37N9/c1-4-15-38(16-5-1)58-64-59(39-17-6-2-7-18-39)66-60(65-58)69-51-24-13-10-21-45(51)47-28-26-41(35-55(47)69)40-27-30-52-48(34-40)46-22-11-12-23-50(46)68(52)44-33-42(36-61-37-44)49-29-31-54-57(63-49)56-53(25-14-32-62-56)67(54)43-19-8-3-9-20-43/h1-37H. The number of para-hydroxylation sites is 3. The van der Waals surface area contributed by atoms with E-state index in [4.69, 9.17) is 29.9 Å². The van der Waals surface area contributed by atoms with Gasteiger partial charge >= 0.3 is 0 Å². The Morgan fingerprint density at radius 2 is 0.870 bits per heavy atom. The van der Waals surface area contributed by atoms with Crippen molar-refractivity contribution in [2.45, 2.75) is 0 Å². The Morgan fingerprint density at radius 3 is 1.62 bits per heavy atom. The molecule has 0 saturated carbocycles. The maximum atomic E-state index is 5.26. The van der Waals surface area contributed by atoms with Gasteiger partial charge in [-0.25, -0.2) is 9.97 Å². The largest absolute Gasteiger partial charge is 0.308 e. The highest BCUT2D eigenvalue weighted by atomic mass is 15.2. The molecule has 9 heteroatoms. The predicted molar refractivity (Wildman–Crippen MR) is 278 cm³/mol. The zero-order valence-electron chi connectivity index (χ0n) is 36.9. The molecule has 7 aromatic carbocycles. The van der Waals surface area contributed by atoms with Gasteiger partial charge in [-0.05, 0) is 83.9 Å².